The van der Waals surface area contributed by atoms with Crippen LogP contribution in [0.1, 0.15) is 5.56 Å². The lowest BCUT2D eigenvalue weighted by Crippen LogP contribution is -2.16. The molecule has 0 saturated heterocycles. The van der Waals surface area contributed by atoms with Crippen LogP contribution in [0.4, 0.5) is 5.69 Å². The summed E-state index contributed by atoms with van der Waals surface area (Å²) >= 11 is 0. The fourth-order valence-corrected chi connectivity index (χ4v) is 2.99. The van der Waals surface area contributed by atoms with E-state index in [1.165, 1.54) is 39.5 Å². The Balaban J connectivity index is 2.23. The quantitative estimate of drug-likeness (QED) is 0.752. The van der Waals surface area contributed by atoms with E-state index >= 15 is 0 Å². The van der Waals surface area contributed by atoms with Crippen LogP contribution in [-0.4, -0.2) is 35.7 Å². The minimum absolute atomic E-state index is 0.0108. The first kappa shape index (κ1) is 19.5. The van der Waals surface area contributed by atoms with Crippen molar-refractivity contribution in [3.8, 4) is 17.2 Å². The van der Waals surface area contributed by atoms with Crippen LogP contribution in [0.2, 0.25) is 0 Å². The van der Waals surface area contributed by atoms with Gasteiger partial charge in [0, 0.05) is 11.3 Å². The van der Waals surface area contributed by atoms with Gasteiger partial charge in [-0.05, 0) is 24.3 Å². The first-order valence-corrected chi connectivity index (χ1v) is 9.05. The molecule has 0 atom stereocenters. The largest absolute Gasteiger partial charge is 0.493 e. The number of rotatable bonds is 7. The molecule has 140 valence electrons. The summed E-state index contributed by atoms with van der Waals surface area (Å²) in [6.45, 7) is 0. The smallest absolute Gasteiger partial charge is 0.238 e. The highest BCUT2D eigenvalue weighted by molar-refractivity contribution is 7.89. The molecule has 2 aromatic rings. The van der Waals surface area contributed by atoms with E-state index in [2.05, 4.69) is 5.32 Å². The highest BCUT2D eigenvalue weighted by atomic mass is 32.2. The molecule has 9 heteroatoms. The molecule has 8 nitrogen and oxygen atoms in total. The zero-order valence-corrected chi connectivity index (χ0v) is 15.4. The number of nitrogens with one attached hydrogen (secondary N) is 1. The third kappa shape index (κ3) is 4.44. The number of hydrogen-bond acceptors (Lipinski definition) is 6. The van der Waals surface area contributed by atoms with Crippen LogP contribution in [0.5, 0.6) is 17.2 Å². The topological polar surface area (TPSA) is 117 Å². The number of anilines is 1. The molecule has 0 aliphatic rings. The SMILES string of the molecule is COc1ccc(CC(=O)Nc2cccc(S(N)(=O)=O)c2)c(OC)c1OC. The predicted octanol–water partition coefficient (Wildman–Crippen LogP) is 1.54. The molecule has 0 aliphatic heterocycles. The Morgan fingerprint density at radius 3 is 2.31 bits per heavy atom. The molecule has 2 rings (SSSR count). The van der Waals surface area contributed by atoms with Crippen LogP contribution in [0.15, 0.2) is 41.3 Å². The lowest BCUT2D eigenvalue weighted by Gasteiger charge is -2.15. The van der Waals surface area contributed by atoms with Crippen molar-refractivity contribution in [2.24, 2.45) is 5.14 Å². The van der Waals surface area contributed by atoms with Gasteiger partial charge >= 0.3 is 0 Å². The number of carbonyl (C=O) groups is 1. The van der Waals surface area contributed by atoms with Gasteiger partial charge in [0.05, 0.1) is 32.6 Å². The lowest BCUT2D eigenvalue weighted by molar-refractivity contribution is -0.115. The second-order valence-corrected chi connectivity index (χ2v) is 6.85. The third-order valence-electron chi connectivity index (χ3n) is 3.58. The molecule has 0 radical (unpaired) electrons. The third-order valence-corrected chi connectivity index (χ3v) is 4.49. The van der Waals surface area contributed by atoms with Crippen molar-refractivity contribution in [3.63, 3.8) is 0 Å². The Hall–Kier alpha value is -2.78. The number of methoxy groups -OCH3 is 3. The van der Waals surface area contributed by atoms with Crippen molar-refractivity contribution in [3.05, 3.63) is 42.0 Å². The molecule has 1 amide bonds. The number of amides is 1. The van der Waals surface area contributed by atoms with Crippen molar-refractivity contribution < 1.29 is 27.4 Å². The standard InChI is InChI=1S/C17H20N2O6S/c1-23-14-8-7-11(16(24-2)17(14)25-3)9-15(20)19-12-5-4-6-13(10-12)26(18,21)22/h4-8,10H,9H2,1-3H3,(H,19,20)(H2,18,21,22). The zero-order chi connectivity index (χ0) is 19.3. The van der Waals surface area contributed by atoms with Gasteiger partial charge in [-0.25, -0.2) is 13.6 Å². The van der Waals surface area contributed by atoms with Gasteiger partial charge < -0.3 is 19.5 Å². The summed E-state index contributed by atoms with van der Waals surface area (Å²) in [5.41, 5.74) is 0.909. The summed E-state index contributed by atoms with van der Waals surface area (Å²) in [5, 5.41) is 7.73. The molecule has 0 spiro atoms. The van der Waals surface area contributed by atoms with E-state index < -0.39 is 10.0 Å². The summed E-state index contributed by atoms with van der Waals surface area (Å²) in [6, 6.07) is 9.07. The molecule has 0 aliphatic carbocycles. The Bertz CT molecular complexity index is 911. The first-order chi connectivity index (χ1) is 12.3. The van der Waals surface area contributed by atoms with Crippen molar-refractivity contribution >= 4 is 21.6 Å². The predicted molar refractivity (Wildman–Crippen MR) is 96.2 cm³/mol. The van der Waals surface area contributed by atoms with Gasteiger partial charge in [0.25, 0.3) is 0 Å². The van der Waals surface area contributed by atoms with Gasteiger partial charge in [-0.3, -0.25) is 4.79 Å². The van der Waals surface area contributed by atoms with Crippen LogP contribution in [0.3, 0.4) is 0 Å². The monoisotopic (exact) mass is 380 g/mol. The van der Waals surface area contributed by atoms with Crippen LogP contribution in [0.25, 0.3) is 0 Å². The Morgan fingerprint density at radius 2 is 1.73 bits per heavy atom. The number of ether oxygens (including phenoxy) is 3. The highest BCUT2D eigenvalue weighted by Gasteiger charge is 2.18. The molecule has 0 bridgehead atoms. The Labute approximate surface area is 151 Å². The molecule has 26 heavy (non-hydrogen) atoms. The van der Waals surface area contributed by atoms with E-state index in [0.29, 0.717) is 28.5 Å². The van der Waals surface area contributed by atoms with E-state index in [1.54, 1.807) is 18.2 Å². The fourth-order valence-electron chi connectivity index (χ4n) is 2.43. The molecule has 0 heterocycles. The van der Waals surface area contributed by atoms with Crippen LogP contribution in [-0.2, 0) is 21.2 Å². The number of sulfonamides is 1. The molecular weight excluding hydrogens is 360 g/mol. The number of benzene rings is 2. The molecule has 0 fully saturated rings. The summed E-state index contributed by atoms with van der Waals surface area (Å²) in [5.74, 6) is 0.897. The first-order valence-electron chi connectivity index (χ1n) is 7.50. The maximum absolute atomic E-state index is 12.3. The second kappa shape index (κ2) is 8.07. The number of nitrogens with two attached hydrogens (primary N) is 1. The number of carbonyl (C=O) groups excluding carboxylic acids is 1. The normalized spacial score (nSPS) is 10.9. The van der Waals surface area contributed by atoms with E-state index in [9.17, 15) is 13.2 Å². The molecule has 2 aromatic carbocycles. The minimum atomic E-state index is -3.85. The molecule has 0 aromatic heterocycles. The van der Waals surface area contributed by atoms with Crippen LogP contribution in [0, 0.1) is 0 Å². The van der Waals surface area contributed by atoms with Gasteiger partial charge in [0.15, 0.2) is 11.5 Å². The van der Waals surface area contributed by atoms with E-state index in [-0.39, 0.29) is 17.2 Å². The van der Waals surface area contributed by atoms with E-state index in [0.717, 1.165) is 0 Å². The van der Waals surface area contributed by atoms with Crippen LogP contribution < -0.4 is 24.7 Å². The molecule has 0 unspecified atom stereocenters. The van der Waals surface area contributed by atoms with Gasteiger partial charge in [-0.2, -0.15) is 0 Å². The summed E-state index contributed by atoms with van der Waals surface area (Å²) < 4.78 is 38.6. The van der Waals surface area contributed by atoms with E-state index in [1.807, 2.05) is 0 Å². The fraction of sp³-hybridized carbons (Fsp3) is 0.235. The van der Waals surface area contributed by atoms with Crippen molar-refractivity contribution in [2.45, 2.75) is 11.3 Å². The lowest BCUT2D eigenvalue weighted by atomic mass is 10.1. The van der Waals surface area contributed by atoms with Crippen LogP contribution >= 0.6 is 0 Å². The summed E-state index contributed by atoms with van der Waals surface area (Å²) in [4.78, 5) is 12.3. The van der Waals surface area contributed by atoms with Crippen molar-refractivity contribution in [1.82, 2.24) is 0 Å². The van der Waals surface area contributed by atoms with Gasteiger partial charge in [0.2, 0.25) is 21.7 Å². The highest BCUT2D eigenvalue weighted by Crippen LogP contribution is 2.39. The maximum Gasteiger partial charge on any atom is 0.238 e. The zero-order valence-electron chi connectivity index (χ0n) is 14.6. The van der Waals surface area contributed by atoms with E-state index in [4.69, 9.17) is 19.3 Å². The van der Waals surface area contributed by atoms with Gasteiger partial charge in [-0.1, -0.05) is 12.1 Å². The average Bonchev–Trinajstić information content (AvgIpc) is 2.60. The summed E-state index contributed by atoms with van der Waals surface area (Å²) in [7, 11) is 0.595. The summed E-state index contributed by atoms with van der Waals surface area (Å²) in [6.07, 6.45) is -0.0108. The molecular formula is C17H20N2O6S. The maximum atomic E-state index is 12.3. The number of hydrogen-bond donors (Lipinski definition) is 2. The van der Waals surface area contributed by atoms with Gasteiger partial charge in [-0.15, -0.1) is 0 Å². The second-order valence-electron chi connectivity index (χ2n) is 5.29. The van der Waals surface area contributed by atoms with Crippen molar-refractivity contribution in [2.75, 3.05) is 26.6 Å². The Morgan fingerprint density at radius 1 is 1.04 bits per heavy atom. The van der Waals surface area contributed by atoms with Crippen molar-refractivity contribution in [1.29, 1.82) is 0 Å². The Kier molecular flexibility index (Phi) is 6.06. The number of primary sulfonamides is 1. The average molecular weight is 380 g/mol. The van der Waals surface area contributed by atoms with Gasteiger partial charge in [0.1, 0.15) is 0 Å². The molecule has 3 N–H and O–H groups in total. The minimum Gasteiger partial charge on any atom is -0.493 e. The molecule has 0 saturated carbocycles.